The number of para-hydroxylation sites is 2. The average Bonchev–Trinajstić information content (AvgIpc) is 3.02. The highest BCUT2D eigenvalue weighted by atomic mass is 16.5. The van der Waals surface area contributed by atoms with E-state index in [-0.39, 0.29) is 0 Å². The second kappa shape index (κ2) is 7.61. The predicted molar refractivity (Wildman–Crippen MR) is 91.2 cm³/mol. The van der Waals surface area contributed by atoms with Gasteiger partial charge < -0.3 is 19.8 Å². The largest absolute Gasteiger partial charge is 0.493 e. The van der Waals surface area contributed by atoms with Crippen LogP contribution in [0.5, 0.6) is 17.4 Å². The van der Waals surface area contributed by atoms with Crippen molar-refractivity contribution in [3.63, 3.8) is 0 Å². The van der Waals surface area contributed by atoms with Gasteiger partial charge >= 0.3 is 0 Å². The summed E-state index contributed by atoms with van der Waals surface area (Å²) < 4.78 is 11.3. The fourth-order valence-electron chi connectivity index (χ4n) is 2.33. The van der Waals surface area contributed by atoms with E-state index in [4.69, 9.17) is 9.47 Å². The van der Waals surface area contributed by atoms with E-state index in [9.17, 15) is 0 Å². The molecule has 0 amide bonds. The zero-order chi connectivity index (χ0) is 16.8. The molecule has 0 aliphatic rings. The molecule has 2 N–H and O–H groups in total. The summed E-state index contributed by atoms with van der Waals surface area (Å²) in [7, 11) is 1.62. The summed E-state index contributed by atoms with van der Waals surface area (Å²) in [6, 6.07) is 11.4. The number of hydrogen-bond acceptors (Lipinski definition) is 5. The van der Waals surface area contributed by atoms with Gasteiger partial charge in [0, 0.05) is 30.2 Å². The molecule has 124 valence electrons. The summed E-state index contributed by atoms with van der Waals surface area (Å²) in [6.07, 6.45) is 3.53. The third kappa shape index (κ3) is 3.91. The van der Waals surface area contributed by atoms with Gasteiger partial charge in [-0.1, -0.05) is 18.2 Å². The Morgan fingerprint density at radius 1 is 1.04 bits per heavy atom. The van der Waals surface area contributed by atoms with Crippen LogP contribution in [0.15, 0.2) is 48.8 Å². The van der Waals surface area contributed by atoms with Crippen molar-refractivity contribution in [1.29, 1.82) is 0 Å². The Morgan fingerprint density at radius 2 is 1.88 bits per heavy atom. The molecule has 0 saturated heterocycles. The van der Waals surface area contributed by atoms with Crippen molar-refractivity contribution in [2.24, 2.45) is 0 Å². The Labute approximate surface area is 140 Å². The number of aromatic amines is 1. The third-order valence-corrected chi connectivity index (χ3v) is 3.49. The van der Waals surface area contributed by atoms with Gasteiger partial charge in [0.2, 0.25) is 5.88 Å². The highest BCUT2D eigenvalue weighted by Gasteiger charge is 2.09. The lowest BCUT2D eigenvalue weighted by atomic mass is 10.2. The van der Waals surface area contributed by atoms with Crippen LogP contribution in [0.1, 0.15) is 17.1 Å². The van der Waals surface area contributed by atoms with Crippen molar-refractivity contribution >= 4 is 0 Å². The molecule has 1 aromatic carbocycles. The molecule has 24 heavy (non-hydrogen) atoms. The van der Waals surface area contributed by atoms with Crippen molar-refractivity contribution in [1.82, 2.24) is 20.3 Å². The van der Waals surface area contributed by atoms with Crippen molar-refractivity contribution in [3.8, 4) is 17.4 Å². The molecule has 0 bridgehead atoms. The molecule has 0 radical (unpaired) electrons. The lowest BCUT2D eigenvalue weighted by molar-refractivity contribution is 0.372. The molecule has 0 spiro atoms. The summed E-state index contributed by atoms with van der Waals surface area (Å²) in [6.45, 7) is 3.26. The predicted octanol–water partition coefficient (Wildman–Crippen LogP) is 3.20. The molecule has 0 fully saturated rings. The highest BCUT2D eigenvalue weighted by Crippen LogP contribution is 2.31. The average molecular weight is 324 g/mol. The van der Waals surface area contributed by atoms with E-state index in [0.29, 0.717) is 30.5 Å². The molecule has 2 aromatic heterocycles. The van der Waals surface area contributed by atoms with Gasteiger partial charge in [-0.3, -0.25) is 0 Å². The number of aromatic nitrogens is 3. The number of aryl methyl sites for hydroxylation is 1. The standard InChI is InChI=1S/C18H20N4O2/c1-13-10-21-17(22-13)12-19-11-14-6-5-9-20-18(14)24-16-8-4-3-7-15(16)23-2/h3-10,19H,11-12H2,1-2H3,(H,21,22). The zero-order valence-electron chi connectivity index (χ0n) is 13.7. The molecule has 0 saturated carbocycles. The van der Waals surface area contributed by atoms with E-state index < -0.39 is 0 Å². The van der Waals surface area contributed by atoms with Crippen LogP contribution in [0.2, 0.25) is 0 Å². The molecule has 3 rings (SSSR count). The first-order valence-corrected chi connectivity index (χ1v) is 7.72. The van der Waals surface area contributed by atoms with Crippen molar-refractivity contribution in [2.45, 2.75) is 20.0 Å². The molecule has 6 nitrogen and oxygen atoms in total. The van der Waals surface area contributed by atoms with Gasteiger partial charge in [0.15, 0.2) is 11.5 Å². The number of nitrogens with zero attached hydrogens (tertiary/aromatic N) is 2. The molecule has 0 aliphatic heterocycles. The van der Waals surface area contributed by atoms with Crippen LogP contribution in [-0.4, -0.2) is 22.1 Å². The first-order valence-electron chi connectivity index (χ1n) is 7.72. The van der Waals surface area contributed by atoms with Gasteiger partial charge in [-0.15, -0.1) is 0 Å². The number of methoxy groups -OCH3 is 1. The minimum Gasteiger partial charge on any atom is -0.493 e. The maximum Gasteiger partial charge on any atom is 0.223 e. The van der Waals surface area contributed by atoms with Gasteiger partial charge in [-0.2, -0.15) is 0 Å². The quantitative estimate of drug-likeness (QED) is 0.698. The van der Waals surface area contributed by atoms with Crippen molar-refractivity contribution in [2.75, 3.05) is 7.11 Å². The van der Waals surface area contributed by atoms with Gasteiger partial charge in [0.25, 0.3) is 0 Å². The fourth-order valence-corrected chi connectivity index (χ4v) is 2.33. The summed E-state index contributed by atoms with van der Waals surface area (Å²) in [5.74, 6) is 2.78. The normalized spacial score (nSPS) is 10.6. The second-order valence-corrected chi connectivity index (χ2v) is 5.34. The molecule has 2 heterocycles. The van der Waals surface area contributed by atoms with Gasteiger partial charge in [-0.25, -0.2) is 9.97 Å². The number of nitrogens with one attached hydrogen (secondary N) is 2. The Hall–Kier alpha value is -2.86. The van der Waals surface area contributed by atoms with E-state index >= 15 is 0 Å². The number of hydrogen-bond donors (Lipinski definition) is 2. The van der Waals surface area contributed by atoms with Crippen LogP contribution in [0.25, 0.3) is 0 Å². The van der Waals surface area contributed by atoms with Crippen molar-refractivity contribution in [3.05, 3.63) is 65.9 Å². The van der Waals surface area contributed by atoms with Crippen LogP contribution >= 0.6 is 0 Å². The van der Waals surface area contributed by atoms with Crippen LogP contribution in [0.4, 0.5) is 0 Å². The van der Waals surface area contributed by atoms with Crippen LogP contribution in [0, 0.1) is 6.92 Å². The second-order valence-electron chi connectivity index (χ2n) is 5.34. The van der Waals surface area contributed by atoms with E-state index in [1.54, 1.807) is 13.3 Å². The number of pyridine rings is 1. The Bertz CT molecular complexity index is 801. The number of H-pyrrole nitrogens is 1. The minimum atomic E-state index is 0.560. The molecule has 0 atom stereocenters. The SMILES string of the molecule is COc1ccccc1Oc1ncccc1CNCc1ncc(C)[nH]1. The Balaban J connectivity index is 1.68. The summed E-state index contributed by atoms with van der Waals surface area (Å²) in [4.78, 5) is 11.8. The lowest BCUT2D eigenvalue weighted by Crippen LogP contribution is -2.14. The maximum atomic E-state index is 5.94. The van der Waals surface area contributed by atoms with Gasteiger partial charge in [0.05, 0.1) is 13.7 Å². The highest BCUT2D eigenvalue weighted by molar-refractivity contribution is 5.42. The number of benzene rings is 1. The smallest absolute Gasteiger partial charge is 0.223 e. The summed E-state index contributed by atoms with van der Waals surface area (Å²) in [5, 5.41) is 3.34. The Morgan fingerprint density at radius 3 is 2.62 bits per heavy atom. The number of ether oxygens (including phenoxy) is 2. The molecular weight excluding hydrogens is 304 g/mol. The number of imidazole rings is 1. The van der Waals surface area contributed by atoms with Crippen LogP contribution in [-0.2, 0) is 13.1 Å². The van der Waals surface area contributed by atoms with Gasteiger partial charge in [0.1, 0.15) is 5.82 Å². The molecule has 0 unspecified atom stereocenters. The maximum absolute atomic E-state index is 5.94. The zero-order valence-corrected chi connectivity index (χ0v) is 13.7. The van der Waals surface area contributed by atoms with E-state index in [0.717, 1.165) is 17.1 Å². The number of rotatable bonds is 7. The van der Waals surface area contributed by atoms with Gasteiger partial charge in [-0.05, 0) is 25.1 Å². The molecular formula is C18H20N4O2. The fraction of sp³-hybridized carbons (Fsp3) is 0.222. The van der Waals surface area contributed by atoms with E-state index in [1.807, 2.05) is 49.5 Å². The third-order valence-electron chi connectivity index (χ3n) is 3.49. The minimum absolute atomic E-state index is 0.560. The molecule has 3 aromatic rings. The van der Waals surface area contributed by atoms with E-state index in [1.165, 1.54) is 0 Å². The first-order chi connectivity index (χ1) is 11.8. The Kier molecular flexibility index (Phi) is 5.08. The van der Waals surface area contributed by atoms with Crippen LogP contribution in [0.3, 0.4) is 0 Å². The molecule has 0 aliphatic carbocycles. The van der Waals surface area contributed by atoms with Crippen LogP contribution < -0.4 is 14.8 Å². The molecule has 6 heteroatoms. The van der Waals surface area contributed by atoms with Crippen molar-refractivity contribution < 1.29 is 9.47 Å². The summed E-state index contributed by atoms with van der Waals surface area (Å²) >= 11 is 0. The topological polar surface area (TPSA) is 72.1 Å². The first kappa shape index (κ1) is 16.0. The monoisotopic (exact) mass is 324 g/mol. The van der Waals surface area contributed by atoms with E-state index in [2.05, 4.69) is 20.3 Å². The lowest BCUT2D eigenvalue weighted by Gasteiger charge is -2.12. The summed E-state index contributed by atoms with van der Waals surface area (Å²) in [5.41, 5.74) is 2.01.